The van der Waals surface area contributed by atoms with Crippen LogP contribution in [-0.2, 0) is 30.9 Å². The van der Waals surface area contributed by atoms with Gasteiger partial charge in [0.2, 0.25) is 0 Å². The number of likely N-dealkylation sites (tertiary alicyclic amines) is 2. The van der Waals surface area contributed by atoms with Gasteiger partial charge in [-0.25, -0.2) is 14.8 Å². The molecule has 2 aliphatic rings. The maximum Gasteiger partial charge on any atom is 0.337 e. The number of nitrogens with zero attached hydrogens (tertiary/aromatic N) is 6. The summed E-state index contributed by atoms with van der Waals surface area (Å²) in [5.74, 6) is 2.40. The summed E-state index contributed by atoms with van der Waals surface area (Å²) in [5.41, 5.74) is 2.16. The van der Waals surface area contributed by atoms with Gasteiger partial charge in [-0.05, 0) is 80.9 Å². The minimum absolute atomic E-state index is 0.319. The molecule has 2 saturated heterocycles. The van der Waals surface area contributed by atoms with Gasteiger partial charge in [-0.15, -0.1) is 0 Å². The van der Waals surface area contributed by atoms with E-state index in [1.165, 1.54) is 59.1 Å². The number of H-pyrrole nitrogens is 1. The summed E-state index contributed by atoms with van der Waals surface area (Å²) in [7, 11) is 1.41. The van der Waals surface area contributed by atoms with Crippen molar-refractivity contribution in [3.63, 3.8) is 0 Å². The van der Waals surface area contributed by atoms with Gasteiger partial charge in [-0.3, -0.25) is 4.90 Å². The second kappa shape index (κ2) is 13.8. The minimum Gasteiger partial charge on any atom is -0.465 e. The molecule has 1 N–H and O–H groups in total. The fraction of sp³-hybridized carbons (Fsp3) is 0.594. The molecule has 2 aromatic heterocycles. The van der Waals surface area contributed by atoms with E-state index in [9.17, 15) is 4.79 Å². The number of aromatic nitrogens is 4. The van der Waals surface area contributed by atoms with Gasteiger partial charge in [-0.1, -0.05) is 26.0 Å². The Kier molecular flexibility index (Phi) is 9.90. The van der Waals surface area contributed by atoms with Crippen LogP contribution in [-0.4, -0.2) is 86.6 Å². The van der Waals surface area contributed by atoms with Gasteiger partial charge in [0.25, 0.3) is 0 Å². The quantitative estimate of drug-likeness (QED) is 0.309. The van der Waals surface area contributed by atoms with Gasteiger partial charge in [0, 0.05) is 51.0 Å². The lowest BCUT2D eigenvalue weighted by Crippen LogP contribution is -2.42. The molecule has 3 aromatic rings. The lowest BCUT2D eigenvalue weighted by Gasteiger charge is -2.40. The highest BCUT2D eigenvalue weighted by Gasteiger charge is 2.40. The molecule has 4 heterocycles. The van der Waals surface area contributed by atoms with Crippen molar-refractivity contribution in [2.24, 2.45) is 11.3 Å². The molecule has 0 amide bonds. The molecule has 0 bridgehead atoms. The fourth-order valence-electron chi connectivity index (χ4n) is 6.65. The number of rotatable bonds is 13. The summed E-state index contributed by atoms with van der Waals surface area (Å²) in [6.45, 7) is 15.1. The maximum atomic E-state index is 12.1. The Hall–Kier alpha value is -3.01. The van der Waals surface area contributed by atoms with Crippen LogP contribution in [0.2, 0.25) is 0 Å². The molecule has 0 saturated carbocycles. The summed E-state index contributed by atoms with van der Waals surface area (Å²) in [6, 6.07) is 7.65. The Labute approximate surface area is 244 Å². The van der Waals surface area contributed by atoms with Gasteiger partial charge in [0.1, 0.15) is 11.6 Å². The molecule has 9 nitrogen and oxygen atoms in total. The molecule has 0 atom stereocenters. The van der Waals surface area contributed by atoms with Crippen molar-refractivity contribution >= 4 is 5.97 Å². The molecule has 1 spiro atoms. The molecule has 2 fully saturated rings. The van der Waals surface area contributed by atoms with Crippen molar-refractivity contribution in [1.82, 2.24) is 34.2 Å². The van der Waals surface area contributed by atoms with E-state index in [2.05, 4.69) is 49.3 Å². The van der Waals surface area contributed by atoms with Gasteiger partial charge in [0.15, 0.2) is 0 Å². The Morgan fingerprint density at radius 2 is 1.85 bits per heavy atom. The predicted octanol–water partition coefficient (Wildman–Crippen LogP) is 4.43. The van der Waals surface area contributed by atoms with E-state index in [1.54, 1.807) is 12.3 Å². The van der Waals surface area contributed by atoms with Gasteiger partial charge < -0.3 is 24.1 Å². The van der Waals surface area contributed by atoms with Crippen molar-refractivity contribution in [3.05, 3.63) is 71.8 Å². The molecule has 222 valence electrons. The highest BCUT2D eigenvalue weighted by atomic mass is 16.5. The number of hydrogen-bond donors (Lipinski definition) is 1. The fourth-order valence-corrected chi connectivity index (χ4v) is 6.65. The SMILES string of the molecule is COC(=O)c1cccc(CN(Cc2ncc[nH]2)Cc2nccn2CCCN2CCC3(CCN(CC(C)C)CC3)C2)c1. The first-order valence-electron chi connectivity index (χ1n) is 15.2. The average molecular weight is 562 g/mol. The summed E-state index contributed by atoms with van der Waals surface area (Å²) in [5, 5.41) is 0. The Bertz CT molecular complexity index is 1230. The first-order valence-corrected chi connectivity index (χ1v) is 15.2. The second-order valence-electron chi connectivity index (χ2n) is 12.5. The number of aromatic amines is 1. The Morgan fingerprint density at radius 1 is 1.05 bits per heavy atom. The first-order chi connectivity index (χ1) is 19.9. The minimum atomic E-state index is -0.319. The summed E-state index contributed by atoms with van der Waals surface area (Å²) >= 11 is 0. The Morgan fingerprint density at radius 3 is 2.59 bits per heavy atom. The maximum absolute atomic E-state index is 12.1. The van der Waals surface area contributed by atoms with Gasteiger partial charge in [0.05, 0.1) is 25.8 Å². The number of methoxy groups -OCH3 is 1. The van der Waals surface area contributed by atoms with Crippen molar-refractivity contribution in [2.75, 3.05) is 46.4 Å². The topological polar surface area (TPSA) is 82.5 Å². The average Bonchev–Trinajstić information content (AvgIpc) is 3.73. The summed E-state index contributed by atoms with van der Waals surface area (Å²) in [4.78, 5) is 32.2. The third kappa shape index (κ3) is 8.05. The van der Waals surface area contributed by atoms with Crippen LogP contribution in [0.5, 0.6) is 0 Å². The molecule has 0 aliphatic carbocycles. The van der Waals surface area contributed by atoms with E-state index in [0.29, 0.717) is 30.6 Å². The van der Waals surface area contributed by atoms with Crippen LogP contribution in [0.1, 0.15) is 67.1 Å². The van der Waals surface area contributed by atoms with Crippen LogP contribution in [0.15, 0.2) is 49.1 Å². The number of benzene rings is 1. The largest absolute Gasteiger partial charge is 0.465 e. The van der Waals surface area contributed by atoms with Gasteiger partial charge >= 0.3 is 5.97 Å². The predicted molar refractivity (Wildman–Crippen MR) is 160 cm³/mol. The van der Waals surface area contributed by atoms with Gasteiger partial charge in [-0.2, -0.15) is 0 Å². The van der Waals surface area contributed by atoms with Crippen LogP contribution in [0.4, 0.5) is 0 Å². The zero-order chi connectivity index (χ0) is 28.7. The summed E-state index contributed by atoms with van der Waals surface area (Å²) in [6.07, 6.45) is 12.8. The summed E-state index contributed by atoms with van der Waals surface area (Å²) < 4.78 is 7.22. The number of piperidine rings is 1. The smallest absolute Gasteiger partial charge is 0.337 e. The van der Waals surface area contributed by atoms with Crippen molar-refractivity contribution in [1.29, 1.82) is 0 Å². The molecule has 0 radical (unpaired) electrons. The number of aryl methyl sites for hydroxylation is 1. The first kappa shape index (κ1) is 29.5. The lowest BCUT2D eigenvalue weighted by atomic mass is 9.77. The highest BCUT2D eigenvalue weighted by Crippen LogP contribution is 2.40. The zero-order valence-electron chi connectivity index (χ0n) is 25.1. The normalized spacial score (nSPS) is 17.7. The Balaban J connectivity index is 1.15. The third-order valence-corrected chi connectivity index (χ3v) is 8.78. The molecular formula is C32H47N7O2. The van der Waals surface area contributed by atoms with Crippen molar-refractivity contribution < 1.29 is 9.53 Å². The van der Waals surface area contributed by atoms with Crippen molar-refractivity contribution in [3.8, 4) is 0 Å². The van der Waals surface area contributed by atoms with E-state index in [-0.39, 0.29) is 5.97 Å². The third-order valence-electron chi connectivity index (χ3n) is 8.78. The van der Waals surface area contributed by atoms with E-state index >= 15 is 0 Å². The van der Waals surface area contributed by atoms with Crippen LogP contribution in [0.3, 0.4) is 0 Å². The van der Waals surface area contributed by atoms with E-state index < -0.39 is 0 Å². The highest BCUT2D eigenvalue weighted by molar-refractivity contribution is 5.89. The number of ether oxygens (including phenoxy) is 1. The van der Waals surface area contributed by atoms with Crippen LogP contribution >= 0.6 is 0 Å². The number of nitrogens with one attached hydrogen (secondary N) is 1. The van der Waals surface area contributed by atoms with Crippen LogP contribution in [0, 0.1) is 11.3 Å². The second-order valence-corrected chi connectivity index (χ2v) is 12.5. The molecule has 9 heteroatoms. The molecule has 5 rings (SSSR count). The van der Waals surface area contributed by atoms with Crippen LogP contribution in [0.25, 0.3) is 0 Å². The molecule has 0 unspecified atom stereocenters. The van der Waals surface area contributed by atoms with Crippen LogP contribution < -0.4 is 0 Å². The molecule has 2 aliphatic heterocycles. The lowest BCUT2D eigenvalue weighted by molar-refractivity contribution is 0.0600. The number of carbonyl (C=O) groups is 1. The van der Waals surface area contributed by atoms with E-state index in [0.717, 1.165) is 42.6 Å². The number of hydrogen-bond acceptors (Lipinski definition) is 7. The van der Waals surface area contributed by atoms with Crippen molar-refractivity contribution in [2.45, 2.75) is 65.7 Å². The number of imidazole rings is 2. The standard InChI is InChI=1S/C32H47N7O2/c1-26(2)21-36-16-8-32(9-17-36)10-18-37(25-32)14-5-15-39-19-13-35-30(39)24-38(23-29-33-11-12-34-29)22-27-6-4-7-28(20-27)31(40)41-3/h4,6-7,11-13,19-20,26H,5,8-10,14-18,21-25H2,1-3H3,(H,33,34). The van der Waals surface area contributed by atoms with E-state index in [1.807, 2.05) is 30.6 Å². The molecule has 41 heavy (non-hydrogen) atoms. The molecule has 1 aromatic carbocycles. The molecular weight excluding hydrogens is 514 g/mol. The van der Waals surface area contributed by atoms with E-state index in [4.69, 9.17) is 9.72 Å². The zero-order valence-corrected chi connectivity index (χ0v) is 25.1. The number of esters is 1. The monoisotopic (exact) mass is 561 g/mol. The number of carbonyl (C=O) groups excluding carboxylic acids is 1.